The molecule has 1 aromatic heterocycles. The molecule has 0 spiro atoms. The van der Waals surface area contributed by atoms with Crippen molar-refractivity contribution < 1.29 is 39.5 Å². The maximum absolute atomic E-state index is 13.0. The first-order valence-electron chi connectivity index (χ1n) is 37.5. The Labute approximate surface area is 667 Å². The molecular formula is C97H127Cl2F9S. The summed E-state index contributed by atoms with van der Waals surface area (Å²) in [5, 5.41) is 0.841. The van der Waals surface area contributed by atoms with Crippen LogP contribution in [-0.2, 0) is 6.18 Å². The highest BCUT2D eigenvalue weighted by molar-refractivity contribution is 7.16. The van der Waals surface area contributed by atoms with E-state index in [4.69, 9.17) is 23.2 Å². The first-order valence-corrected chi connectivity index (χ1v) is 39.0. The van der Waals surface area contributed by atoms with Gasteiger partial charge in [0.1, 0.15) is 34.9 Å². The van der Waals surface area contributed by atoms with Crippen LogP contribution in [-0.4, -0.2) is 0 Å². The fourth-order valence-electron chi connectivity index (χ4n) is 9.82. The molecule has 0 bridgehead atoms. The third kappa shape index (κ3) is 42.0. The third-order valence-electron chi connectivity index (χ3n) is 17.0. The van der Waals surface area contributed by atoms with Gasteiger partial charge < -0.3 is 0 Å². The molecule has 598 valence electrons. The van der Waals surface area contributed by atoms with Gasteiger partial charge in [0.25, 0.3) is 0 Å². The van der Waals surface area contributed by atoms with E-state index in [9.17, 15) is 39.5 Å². The molecule has 0 aliphatic carbocycles. The SMILES string of the molecule is C.CC(C)c1cc(F)cc(F)c1.CC(C)c1ccc(Cl)s1.CC(C)c1ccccc1.Cc1c(F)cc(C(C)C)cc1F.Cc1cc(C(C)C)cc(C(F)(F)F)c1.Cc1cc(C(C)C)ccc1F.Cc1cc(Cl)cc(C(C)C)c1.Cc1cc(F)cc(C(C)C)c1.Cc1ccc(C(C)C)cc1.Cc1ccc(C(C)C)cc1. The standard InChI is InChI=1S/C11H13F3.C10H13Cl.C10H12F2.2C10H13F.2C10H14.C9H10F2.C9H12.C7H9ClS.CH4/c1-7(2)9-4-8(3)5-10(6-9)11(12,13)14;1-7(2)9-4-8(3)5-10(11)6-9;1-6(2)8-4-9(11)7(3)10(12)5-8;1-7(2)9-4-8(3)5-10(11)6-9;1-7(2)9-4-5-10(11)8(3)6-9;2*1-8(2)10-6-4-9(3)5-7-10;1-6(2)7-3-8(10)5-9(11)4-7;1-8(2)9-6-4-3-5-7-9;1-5(2)6-3-4-7(8)9-6;/h4-7H,1-3H3;4-7H,1-3H3;4-6H,1-3H3;2*4-7H,1-3H3;2*4-8H,1-3H3;3-6H,1-2H3;3-8H,1-2H3;3-5H,1-2H3;1H4. The summed E-state index contributed by atoms with van der Waals surface area (Å²) in [5.74, 6) is 2.30. The lowest BCUT2D eigenvalue weighted by Crippen LogP contribution is -2.06. The number of thiophene rings is 1. The molecule has 0 unspecified atom stereocenters. The van der Waals surface area contributed by atoms with Crippen molar-refractivity contribution in [3.05, 3.63) is 338 Å². The topological polar surface area (TPSA) is 0 Å². The number of hydrogen-bond acceptors (Lipinski definition) is 1. The van der Waals surface area contributed by atoms with Gasteiger partial charge in [-0.2, -0.15) is 13.2 Å². The number of hydrogen-bond donors (Lipinski definition) is 0. The lowest BCUT2D eigenvalue weighted by Gasteiger charge is -2.12. The van der Waals surface area contributed by atoms with Gasteiger partial charge in [-0.15, -0.1) is 11.3 Å². The Morgan fingerprint density at radius 3 is 0.927 bits per heavy atom. The number of halogens is 11. The van der Waals surface area contributed by atoms with Gasteiger partial charge in [0, 0.05) is 21.5 Å². The van der Waals surface area contributed by atoms with Crippen LogP contribution in [0.3, 0.4) is 0 Å². The maximum Gasteiger partial charge on any atom is 0.416 e. The summed E-state index contributed by atoms with van der Waals surface area (Å²) in [6, 6.07) is 59.2. The molecule has 9 aromatic carbocycles. The second-order valence-electron chi connectivity index (χ2n) is 30.5. The molecule has 0 N–H and O–H groups in total. The Morgan fingerprint density at radius 1 is 0.275 bits per heavy atom. The quantitative estimate of drug-likeness (QED) is 0.120. The van der Waals surface area contributed by atoms with E-state index in [2.05, 4.69) is 203 Å². The van der Waals surface area contributed by atoms with Crippen LogP contribution in [0.4, 0.5) is 39.5 Å². The Bertz CT molecular complexity index is 3890. The number of rotatable bonds is 10. The van der Waals surface area contributed by atoms with Gasteiger partial charge in [0.2, 0.25) is 0 Å². The largest absolute Gasteiger partial charge is 0.416 e. The van der Waals surface area contributed by atoms with Crippen LogP contribution in [0.2, 0.25) is 9.36 Å². The molecule has 0 fully saturated rings. The Kier molecular flexibility index (Phi) is 47.8. The van der Waals surface area contributed by atoms with Crippen LogP contribution in [0.1, 0.15) is 305 Å². The Balaban J connectivity index is 0.00000119. The van der Waals surface area contributed by atoms with E-state index >= 15 is 0 Å². The third-order valence-corrected chi connectivity index (χ3v) is 18.8. The van der Waals surface area contributed by atoms with Crippen molar-refractivity contribution in [3.63, 3.8) is 0 Å². The molecular weight excluding hydrogens is 1440 g/mol. The Morgan fingerprint density at radius 2 is 0.606 bits per heavy atom. The van der Waals surface area contributed by atoms with Crippen molar-refractivity contribution in [2.24, 2.45) is 0 Å². The average Bonchev–Trinajstić information content (AvgIpc) is 1.30. The van der Waals surface area contributed by atoms with E-state index < -0.39 is 35.0 Å². The molecule has 10 rings (SSSR count). The highest BCUT2D eigenvalue weighted by Gasteiger charge is 2.31. The van der Waals surface area contributed by atoms with E-state index in [0.29, 0.717) is 58.1 Å². The molecule has 10 aromatic rings. The van der Waals surface area contributed by atoms with E-state index in [1.165, 1.54) is 98.8 Å². The summed E-state index contributed by atoms with van der Waals surface area (Å²) in [6.07, 6.45) is -4.24. The van der Waals surface area contributed by atoms with Gasteiger partial charge in [0.05, 0.1) is 9.90 Å². The number of benzene rings is 9. The molecule has 0 saturated carbocycles. The van der Waals surface area contributed by atoms with E-state index in [-0.39, 0.29) is 42.4 Å². The minimum absolute atomic E-state index is 0. The molecule has 0 radical (unpaired) electrons. The van der Waals surface area contributed by atoms with E-state index in [0.717, 1.165) is 37.7 Å². The summed E-state index contributed by atoms with van der Waals surface area (Å²) >= 11 is 13.3. The highest BCUT2D eigenvalue weighted by atomic mass is 35.5. The molecule has 0 amide bonds. The van der Waals surface area contributed by atoms with Crippen LogP contribution in [0.15, 0.2) is 194 Å². The smallest absolute Gasteiger partial charge is 0.207 e. The molecule has 0 aliphatic heterocycles. The number of aryl methyl sites for hydroxylation is 6. The van der Waals surface area contributed by atoms with Crippen molar-refractivity contribution >= 4 is 34.5 Å². The average molecular weight is 1570 g/mol. The molecule has 0 aliphatic rings. The first-order chi connectivity index (χ1) is 50.1. The molecule has 109 heavy (non-hydrogen) atoms. The van der Waals surface area contributed by atoms with Gasteiger partial charge in [0.15, 0.2) is 0 Å². The summed E-state index contributed by atoms with van der Waals surface area (Å²) in [7, 11) is 0. The maximum atomic E-state index is 13.0. The van der Waals surface area contributed by atoms with E-state index in [1.54, 1.807) is 43.4 Å². The summed E-state index contributed by atoms with van der Waals surface area (Å²) in [4.78, 5) is 1.36. The van der Waals surface area contributed by atoms with Gasteiger partial charge in [-0.1, -0.05) is 295 Å². The van der Waals surface area contributed by atoms with Crippen molar-refractivity contribution in [1.29, 1.82) is 0 Å². The summed E-state index contributed by atoms with van der Waals surface area (Å²) in [6.45, 7) is 54.8. The monoisotopic (exact) mass is 1560 g/mol. The Hall–Kier alpha value is -7.37. The molecule has 0 atom stereocenters. The van der Waals surface area contributed by atoms with Crippen LogP contribution in [0.5, 0.6) is 0 Å². The van der Waals surface area contributed by atoms with Gasteiger partial charge >= 0.3 is 6.18 Å². The van der Waals surface area contributed by atoms with Crippen molar-refractivity contribution in [1.82, 2.24) is 0 Å². The zero-order valence-corrected chi connectivity index (χ0v) is 71.6. The highest BCUT2D eigenvalue weighted by Crippen LogP contribution is 2.33. The molecule has 1 heterocycles. The molecule has 12 heteroatoms. The van der Waals surface area contributed by atoms with Crippen molar-refractivity contribution in [2.45, 2.75) is 260 Å². The minimum Gasteiger partial charge on any atom is -0.207 e. The van der Waals surface area contributed by atoms with Crippen molar-refractivity contribution in [2.75, 3.05) is 0 Å². The van der Waals surface area contributed by atoms with Crippen LogP contribution in [0.25, 0.3) is 0 Å². The van der Waals surface area contributed by atoms with Crippen LogP contribution in [0, 0.1) is 83.4 Å². The van der Waals surface area contributed by atoms with Gasteiger partial charge in [-0.05, 0) is 253 Å². The van der Waals surface area contributed by atoms with Crippen molar-refractivity contribution in [3.8, 4) is 0 Å². The minimum atomic E-state index is -4.24. The van der Waals surface area contributed by atoms with E-state index in [1.807, 2.05) is 90.9 Å². The predicted molar refractivity (Wildman–Crippen MR) is 458 cm³/mol. The zero-order chi connectivity index (χ0) is 82.6. The lowest BCUT2D eigenvalue weighted by molar-refractivity contribution is -0.137. The fourth-order valence-corrected chi connectivity index (χ4v) is 11.2. The fraction of sp³-hybridized carbons (Fsp3) is 0.402. The van der Waals surface area contributed by atoms with Gasteiger partial charge in [-0.25, -0.2) is 26.3 Å². The summed E-state index contributed by atoms with van der Waals surface area (Å²) in [5.41, 5.74) is 15.8. The van der Waals surface area contributed by atoms with Gasteiger partial charge in [-0.3, -0.25) is 0 Å². The molecule has 0 saturated heterocycles. The first kappa shape index (κ1) is 102. The summed E-state index contributed by atoms with van der Waals surface area (Å²) < 4.78 is 115. The number of alkyl halides is 3. The normalized spacial score (nSPS) is 10.7. The van der Waals surface area contributed by atoms with Crippen LogP contribution < -0.4 is 0 Å². The zero-order valence-electron chi connectivity index (χ0n) is 69.3. The van der Waals surface area contributed by atoms with Crippen LogP contribution >= 0.6 is 34.5 Å². The molecule has 0 nitrogen and oxygen atoms in total. The second-order valence-corrected chi connectivity index (χ2v) is 32.7. The predicted octanol–water partition coefficient (Wildman–Crippen LogP) is 34.1. The lowest BCUT2D eigenvalue weighted by atomic mass is 9.98. The second kappa shape index (κ2) is 51.2.